The smallest absolute Gasteiger partial charge is 0.320 e. The first-order valence-corrected chi connectivity index (χ1v) is 6.81. The van der Waals surface area contributed by atoms with Crippen molar-refractivity contribution in [3.63, 3.8) is 0 Å². The molecule has 0 aromatic rings. The molecule has 0 saturated heterocycles. The van der Waals surface area contributed by atoms with E-state index in [1.165, 1.54) is 0 Å². The van der Waals surface area contributed by atoms with Gasteiger partial charge >= 0.3 is 12.1 Å². The first-order valence-electron chi connectivity index (χ1n) is 6.81. The van der Waals surface area contributed by atoms with Gasteiger partial charge in [0.15, 0.2) is 0 Å². The van der Waals surface area contributed by atoms with Crippen LogP contribution in [-0.2, 0) is 0 Å². The molecule has 0 aliphatic carbocycles. The Hall–Kier alpha value is -1.50. The third kappa shape index (κ3) is 9.12. The Morgan fingerprint density at radius 3 is 2.11 bits per heavy atom. The number of hydrogen-bond acceptors (Lipinski definition) is 3. The summed E-state index contributed by atoms with van der Waals surface area (Å²) in [6.07, 6.45) is 3.78. The number of rotatable bonds is 9. The number of carbonyl (C=O) groups is 2. The van der Waals surface area contributed by atoms with E-state index < -0.39 is 6.73 Å². The lowest BCUT2D eigenvalue weighted by molar-refractivity contribution is 0.118. The van der Waals surface area contributed by atoms with Crippen molar-refractivity contribution in [2.24, 2.45) is 0 Å². The van der Waals surface area contributed by atoms with Crippen LogP contribution in [0, 0.1) is 0 Å². The van der Waals surface area contributed by atoms with Gasteiger partial charge in [0.1, 0.15) is 6.73 Å². The number of urea groups is 2. The largest absolute Gasteiger partial charge is 0.376 e. The Bertz CT molecular complexity index is 261. The molecular formula is C12H26N4O3. The van der Waals surface area contributed by atoms with Crippen molar-refractivity contribution in [3.05, 3.63) is 0 Å². The van der Waals surface area contributed by atoms with E-state index in [1.807, 2.05) is 13.8 Å². The Balaban J connectivity index is 3.84. The number of amides is 4. The van der Waals surface area contributed by atoms with Crippen molar-refractivity contribution in [3.8, 4) is 0 Å². The number of nitrogens with one attached hydrogen (secondary N) is 3. The fourth-order valence-corrected chi connectivity index (χ4v) is 1.28. The second kappa shape index (κ2) is 11.6. The van der Waals surface area contributed by atoms with E-state index in [0.29, 0.717) is 13.1 Å². The third-order valence-corrected chi connectivity index (χ3v) is 2.51. The molecule has 0 aliphatic heterocycles. The average molecular weight is 274 g/mol. The lowest BCUT2D eigenvalue weighted by Crippen LogP contribution is -2.49. The quantitative estimate of drug-likeness (QED) is 0.370. The van der Waals surface area contributed by atoms with Crippen molar-refractivity contribution < 1.29 is 14.7 Å². The van der Waals surface area contributed by atoms with Gasteiger partial charge in [-0.05, 0) is 12.8 Å². The molecule has 0 spiro atoms. The Morgan fingerprint density at radius 2 is 1.58 bits per heavy atom. The van der Waals surface area contributed by atoms with Crippen LogP contribution in [0.15, 0.2) is 0 Å². The van der Waals surface area contributed by atoms with Crippen molar-refractivity contribution >= 4 is 12.1 Å². The lowest BCUT2D eigenvalue weighted by Gasteiger charge is -2.21. The lowest BCUT2D eigenvalue weighted by atomic mass is 10.3. The Morgan fingerprint density at radius 1 is 1.00 bits per heavy atom. The van der Waals surface area contributed by atoms with Crippen LogP contribution in [0.25, 0.3) is 0 Å². The maximum atomic E-state index is 11.6. The van der Waals surface area contributed by atoms with Gasteiger partial charge in [0, 0.05) is 13.1 Å². The van der Waals surface area contributed by atoms with Gasteiger partial charge in [-0.3, -0.25) is 4.90 Å². The zero-order valence-corrected chi connectivity index (χ0v) is 11.9. The molecular weight excluding hydrogens is 248 g/mol. The van der Waals surface area contributed by atoms with Gasteiger partial charge in [-0.2, -0.15) is 0 Å². The third-order valence-electron chi connectivity index (χ3n) is 2.51. The zero-order chi connectivity index (χ0) is 14.5. The molecule has 0 fully saturated rings. The molecule has 0 atom stereocenters. The number of unbranched alkanes of at least 4 members (excludes halogenated alkanes) is 2. The number of hydrogen-bond donors (Lipinski definition) is 4. The minimum atomic E-state index is -0.437. The van der Waals surface area contributed by atoms with Gasteiger partial charge in [0.05, 0.1) is 6.67 Å². The maximum absolute atomic E-state index is 11.6. The van der Waals surface area contributed by atoms with E-state index in [1.54, 1.807) is 0 Å². The maximum Gasteiger partial charge on any atom is 0.320 e. The molecule has 4 amide bonds. The highest BCUT2D eigenvalue weighted by molar-refractivity contribution is 5.76. The van der Waals surface area contributed by atoms with Crippen LogP contribution in [-0.4, -0.2) is 48.6 Å². The van der Waals surface area contributed by atoms with Crippen molar-refractivity contribution in [1.29, 1.82) is 0 Å². The van der Waals surface area contributed by atoms with Crippen LogP contribution in [0.4, 0.5) is 9.59 Å². The first kappa shape index (κ1) is 17.5. The van der Waals surface area contributed by atoms with Crippen LogP contribution in [0.3, 0.4) is 0 Å². The first-order chi connectivity index (χ1) is 9.15. The molecule has 0 aromatic heterocycles. The van der Waals surface area contributed by atoms with E-state index in [0.717, 1.165) is 30.6 Å². The fourth-order valence-electron chi connectivity index (χ4n) is 1.28. The van der Waals surface area contributed by atoms with Gasteiger partial charge in [-0.15, -0.1) is 0 Å². The molecule has 0 unspecified atom stereocenters. The number of aliphatic hydroxyl groups is 1. The minimum absolute atomic E-state index is 0.0214. The van der Waals surface area contributed by atoms with Gasteiger partial charge in [-0.25, -0.2) is 9.59 Å². The molecule has 0 aliphatic rings. The van der Waals surface area contributed by atoms with Crippen molar-refractivity contribution in [2.75, 3.05) is 26.5 Å². The summed E-state index contributed by atoms with van der Waals surface area (Å²) in [6, 6.07) is -0.724. The molecule has 0 radical (unpaired) electrons. The van der Waals surface area contributed by atoms with Crippen LogP contribution in [0.1, 0.15) is 39.5 Å². The molecule has 0 saturated carbocycles. The standard InChI is InChI=1S/C12H26N4O3/c1-3-5-7-13-11(18)15-9-16(10-17)12(19)14-8-6-4-2/h17H,3-10H2,1-2H3,(H,14,19)(H2,13,15,18). The van der Waals surface area contributed by atoms with Gasteiger partial charge in [0.25, 0.3) is 0 Å². The monoisotopic (exact) mass is 274 g/mol. The molecule has 112 valence electrons. The number of carbonyl (C=O) groups excluding carboxylic acids is 2. The average Bonchev–Trinajstić information content (AvgIpc) is 2.40. The highest BCUT2D eigenvalue weighted by Crippen LogP contribution is 1.88. The van der Waals surface area contributed by atoms with E-state index >= 15 is 0 Å². The molecule has 7 heteroatoms. The number of aliphatic hydroxyl groups excluding tert-OH is 1. The van der Waals surface area contributed by atoms with E-state index in [4.69, 9.17) is 5.11 Å². The Labute approximate surface area is 114 Å². The second-order valence-corrected chi connectivity index (χ2v) is 4.21. The molecule has 0 aromatic carbocycles. The predicted octanol–water partition coefficient (Wildman–Crippen LogP) is 0.805. The summed E-state index contributed by atoms with van der Waals surface area (Å²) in [5.74, 6) is 0. The molecule has 4 N–H and O–H groups in total. The van der Waals surface area contributed by atoms with E-state index in [-0.39, 0.29) is 18.7 Å². The van der Waals surface area contributed by atoms with Crippen LogP contribution in [0.2, 0.25) is 0 Å². The van der Waals surface area contributed by atoms with Gasteiger partial charge < -0.3 is 21.1 Å². The predicted molar refractivity (Wildman–Crippen MR) is 73.5 cm³/mol. The highest BCUT2D eigenvalue weighted by atomic mass is 16.3. The topological polar surface area (TPSA) is 93.7 Å². The van der Waals surface area contributed by atoms with Crippen LogP contribution < -0.4 is 16.0 Å². The molecule has 19 heavy (non-hydrogen) atoms. The highest BCUT2D eigenvalue weighted by Gasteiger charge is 2.12. The minimum Gasteiger partial charge on any atom is -0.376 e. The van der Waals surface area contributed by atoms with Crippen molar-refractivity contribution in [1.82, 2.24) is 20.9 Å². The van der Waals surface area contributed by atoms with Gasteiger partial charge in [-0.1, -0.05) is 26.7 Å². The normalized spacial score (nSPS) is 9.84. The summed E-state index contributed by atoms with van der Waals surface area (Å²) in [4.78, 5) is 24.1. The number of nitrogens with zero attached hydrogens (tertiary/aromatic N) is 1. The zero-order valence-electron chi connectivity index (χ0n) is 11.9. The van der Waals surface area contributed by atoms with E-state index in [9.17, 15) is 9.59 Å². The summed E-state index contributed by atoms with van der Waals surface area (Å²) >= 11 is 0. The van der Waals surface area contributed by atoms with Crippen LogP contribution in [0.5, 0.6) is 0 Å². The summed E-state index contributed by atoms with van der Waals surface area (Å²) in [7, 11) is 0. The van der Waals surface area contributed by atoms with Crippen LogP contribution >= 0.6 is 0 Å². The molecule has 7 nitrogen and oxygen atoms in total. The second-order valence-electron chi connectivity index (χ2n) is 4.21. The van der Waals surface area contributed by atoms with Gasteiger partial charge in [0.2, 0.25) is 0 Å². The van der Waals surface area contributed by atoms with E-state index in [2.05, 4.69) is 16.0 Å². The molecule has 0 rings (SSSR count). The summed E-state index contributed by atoms with van der Waals surface area (Å²) in [5, 5.41) is 16.9. The molecule has 0 heterocycles. The summed E-state index contributed by atoms with van der Waals surface area (Å²) < 4.78 is 0. The van der Waals surface area contributed by atoms with Crippen molar-refractivity contribution in [2.45, 2.75) is 39.5 Å². The summed E-state index contributed by atoms with van der Waals surface area (Å²) in [5.41, 5.74) is 0. The SMILES string of the molecule is CCCCNC(=O)NCN(CO)C(=O)NCCCC. The molecule has 0 bridgehead atoms. The Kier molecular flexibility index (Phi) is 10.7. The summed E-state index contributed by atoms with van der Waals surface area (Å²) in [6.45, 7) is 4.77. The fraction of sp³-hybridized carbons (Fsp3) is 0.833.